The predicted octanol–water partition coefficient (Wildman–Crippen LogP) is 8.13. The number of aromatic nitrogens is 2. The molecule has 33 heavy (non-hydrogen) atoms. The smallest absolute Gasteiger partial charge is 0.308 e. The minimum Gasteiger partial charge on any atom is -0.308 e. The number of urea groups is 1. The van der Waals surface area contributed by atoms with Gasteiger partial charge in [0.15, 0.2) is 0 Å². The van der Waals surface area contributed by atoms with Gasteiger partial charge in [0.2, 0.25) is 0 Å². The summed E-state index contributed by atoms with van der Waals surface area (Å²) >= 11 is 3.41. The molecule has 0 aliphatic heterocycles. The van der Waals surface area contributed by atoms with Crippen molar-refractivity contribution in [2.45, 2.75) is 76.0 Å². The van der Waals surface area contributed by atoms with Gasteiger partial charge >= 0.3 is 6.03 Å². The normalized spacial score (nSPS) is 17.7. The Labute approximate surface area is 203 Å². The van der Waals surface area contributed by atoms with E-state index in [1.54, 1.807) is 0 Å². The lowest BCUT2D eigenvalue weighted by Crippen LogP contribution is -2.19. The SMILES string of the molecule is O=C(Nc1ccc(Br)cc1)Nc1ccc2nc(C3CCCCC3)c(C3CCCCC3)nc2c1. The zero-order valence-corrected chi connectivity index (χ0v) is 20.5. The molecule has 0 spiro atoms. The molecule has 5 rings (SSSR count). The zero-order valence-electron chi connectivity index (χ0n) is 18.9. The van der Waals surface area contributed by atoms with E-state index in [0.717, 1.165) is 26.9 Å². The predicted molar refractivity (Wildman–Crippen MR) is 138 cm³/mol. The number of rotatable bonds is 4. The fraction of sp³-hybridized carbons (Fsp3) is 0.444. The Hall–Kier alpha value is -2.47. The summed E-state index contributed by atoms with van der Waals surface area (Å²) in [6.45, 7) is 0. The van der Waals surface area contributed by atoms with Crippen molar-refractivity contribution in [3.63, 3.8) is 0 Å². The number of halogens is 1. The maximum atomic E-state index is 12.5. The average molecular weight is 507 g/mol. The van der Waals surface area contributed by atoms with Gasteiger partial charge in [-0.1, -0.05) is 54.5 Å². The lowest BCUT2D eigenvalue weighted by Gasteiger charge is -2.28. The first-order valence-corrected chi connectivity index (χ1v) is 13.1. The van der Waals surface area contributed by atoms with Gasteiger partial charge in [-0.15, -0.1) is 0 Å². The van der Waals surface area contributed by atoms with Crippen LogP contribution in [0.5, 0.6) is 0 Å². The quantitative estimate of drug-likeness (QED) is 0.375. The van der Waals surface area contributed by atoms with Gasteiger partial charge in [-0.2, -0.15) is 0 Å². The minimum absolute atomic E-state index is 0.268. The molecule has 2 aliphatic carbocycles. The first kappa shape index (κ1) is 22.3. The molecule has 2 amide bonds. The van der Waals surface area contributed by atoms with Crippen LogP contribution in [0.3, 0.4) is 0 Å². The van der Waals surface area contributed by atoms with Gasteiger partial charge in [-0.05, 0) is 68.1 Å². The number of carbonyl (C=O) groups is 1. The standard InChI is InChI=1S/C27H31BrN4O/c28-20-11-13-21(14-12-20)29-27(33)30-22-15-16-23-24(17-22)32-26(19-9-5-2-6-10-19)25(31-23)18-7-3-1-4-8-18/h11-19H,1-10H2,(H2,29,30,33). The van der Waals surface area contributed by atoms with E-state index in [2.05, 4.69) is 26.6 Å². The molecule has 0 bridgehead atoms. The Kier molecular flexibility index (Phi) is 6.91. The lowest BCUT2D eigenvalue weighted by molar-refractivity contribution is 0.262. The molecular formula is C27H31BrN4O. The van der Waals surface area contributed by atoms with Crippen LogP contribution in [0.1, 0.15) is 87.4 Å². The highest BCUT2D eigenvalue weighted by atomic mass is 79.9. The van der Waals surface area contributed by atoms with Crippen LogP contribution in [0.2, 0.25) is 0 Å². The first-order valence-electron chi connectivity index (χ1n) is 12.3. The number of hydrogen-bond donors (Lipinski definition) is 2. The molecule has 0 saturated heterocycles. The van der Waals surface area contributed by atoms with Crippen LogP contribution >= 0.6 is 15.9 Å². The maximum absolute atomic E-state index is 12.5. The number of amides is 2. The molecule has 2 aromatic carbocycles. The molecule has 2 saturated carbocycles. The number of anilines is 2. The van der Waals surface area contributed by atoms with Crippen molar-refractivity contribution in [3.8, 4) is 0 Å². The summed E-state index contributed by atoms with van der Waals surface area (Å²) < 4.78 is 0.975. The second-order valence-electron chi connectivity index (χ2n) is 9.45. The number of fused-ring (bicyclic) bond motifs is 1. The largest absolute Gasteiger partial charge is 0.323 e. The summed E-state index contributed by atoms with van der Waals surface area (Å²) in [5.41, 5.74) is 5.75. The molecule has 2 fully saturated rings. The van der Waals surface area contributed by atoms with Crippen LogP contribution in [-0.2, 0) is 0 Å². The summed E-state index contributed by atoms with van der Waals surface area (Å²) in [7, 11) is 0. The second kappa shape index (κ2) is 10.2. The van der Waals surface area contributed by atoms with Crippen LogP contribution < -0.4 is 10.6 Å². The van der Waals surface area contributed by atoms with Crippen molar-refractivity contribution in [3.05, 3.63) is 58.3 Å². The van der Waals surface area contributed by atoms with Crippen molar-refractivity contribution >= 4 is 44.4 Å². The van der Waals surface area contributed by atoms with Crippen molar-refractivity contribution < 1.29 is 4.79 Å². The third kappa shape index (κ3) is 5.37. The summed E-state index contributed by atoms with van der Waals surface area (Å²) in [5.74, 6) is 1.06. The molecular weight excluding hydrogens is 476 g/mol. The third-order valence-corrected chi connectivity index (χ3v) is 7.59. The lowest BCUT2D eigenvalue weighted by atomic mass is 9.80. The molecule has 0 unspecified atom stereocenters. The van der Waals surface area contributed by atoms with Crippen LogP contribution in [0.15, 0.2) is 46.9 Å². The monoisotopic (exact) mass is 506 g/mol. The molecule has 0 atom stereocenters. The third-order valence-electron chi connectivity index (χ3n) is 7.06. The van der Waals surface area contributed by atoms with E-state index in [-0.39, 0.29) is 6.03 Å². The van der Waals surface area contributed by atoms with Gasteiger partial charge in [0.25, 0.3) is 0 Å². The van der Waals surface area contributed by atoms with Gasteiger partial charge in [-0.25, -0.2) is 14.8 Å². The maximum Gasteiger partial charge on any atom is 0.323 e. The average Bonchev–Trinajstić information content (AvgIpc) is 2.85. The van der Waals surface area contributed by atoms with Crippen LogP contribution in [0.25, 0.3) is 11.0 Å². The molecule has 6 heteroatoms. The second-order valence-corrected chi connectivity index (χ2v) is 10.4. The number of nitrogens with zero attached hydrogens (tertiary/aromatic N) is 2. The summed E-state index contributed by atoms with van der Waals surface area (Å²) in [5, 5.41) is 5.82. The molecule has 5 nitrogen and oxygen atoms in total. The molecule has 1 heterocycles. The van der Waals surface area contributed by atoms with Crippen molar-refractivity contribution in [2.24, 2.45) is 0 Å². The van der Waals surface area contributed by atoms with E-state index in [1.807, 2.05) is 42.5 Å². The molecule has 2 aliphatic rings. The Balaban J connectivity index is 1.41. The van der Waals surface area contributed by atoms with E-state index in [9.17, 15) is 4.79 Å². The minimum atomic E-state index is -0.268. The van der Waals surface area contributed by atoms with Crippen LogP contribution in [0, 0.1) is 0 Å². The Morgan fingerprint density at radius 1 is 0.697 bits per heavy atom. The Bertz CT molecular complexity index is 1120. The Morgan fingerprint density at radius 3 is 1.82 bits per heavy atom. The number of carbonyl (C=O) groups excluding carboxylic acids is 1. The number of nitrogens with one attached hydrogen (secondary N) is 2. The highest BCUT2D eigenvalue weighted by Gasteiger charge is 2.27. The molecule has 0 radical (unpaired) electrons. The fourth-order valence-electron chi connectivity index (χ4n) is 5.34. The molecule has 3 aromatic rings. The Morgan fingerprint density at radius 2 is 1.21 bits per heavy atom. The first-order chi connectivity index (χ1) is 16.2. The number of benzene rings is 2. The summed E-state index contributed by atoms with van der Waals surface area (Å²) in [4.78, 5) is 22.9. The molecule has 1 aromatic heterocycles. The van der Waals surface area contributed by atoms with Crippen molar-refractivity contribution in [1.29, 1.82) is 0 Å². The van der Waals surface area contributed by atoms with Gasteiger partial charge in [0, 0.05) is 27.7 Å². The summed E-state index contributed by atoms with van der Waals surface area (Å²) in [6, 6.07) is 13.1. The molecule has 2 N–H and O–H groups in total. The van der Waals surface area contributed by atoms with Crippen LogP contribution in [0.4, 0.5) is 16.2 Å². The summed E-state index contributed by atoms with van der Waals surface area (Å²) in [6.07, 6.45) is 12.7. The van der Waals surface area contributed by atoms with Gasteiger partial charge in [-0.3, -0.25) is 0 Å². The van der Waals surface area contributed by atoms with Crippen molar-refractivity contribution in [1.82, 2.24) is 9.97 Å². The highest BCUT2D eigenvalue weighted by Crippen LogP contribution is 2.40. The van der Waals surface area contributed by atoms with Gasteiger partial charge < -0.3 is 10.6 Å². The van der Waals surface area contributed by atoms with Gasteiger partial charge in [0.05, 0.1) is 22.4 Å². The van der Waals surface area contributed by atoms with E-state index in [0.29, 0.717) is 11.8 Å². The zero-order chi connectivity index (χ0) is 22.6. The molecule has 172 valence electrons. The van der Waals surface area contributed by atoms with Crippen LogP contribution in [-0.4, -0.2) is 16.0 Å². The fourth-order valence-corrected chi connectivity index (χ4v) is 5.60. The number of hydrogen-bond acceptors (Lipinski definition) is 3. The van der Waals surface area contributed by atoms with E-state index in [4.69, 9.17) is 9.97 Å². The van der Waals surface area contributed by atoms with Crippen molar-refractivity contribution in [2.75, 3.05) is 10.6 Å². The van der Waals surface area contributed by atoms with Gasteiger partial charge in [0.1, 0.15) is 0 Å². The van der Waals surface area contributed by atoms with E-state index < -0.39 is 0 Å². The van der Waals surface area contributed by atoms with E-state index >= 15 is 0 Å². The van der Waals surface area contributed by atoms with E-state index in [1.165, 1.54) is 75.6 Å². The highest BCUT2D eigenvalue weighted by molar-refractivity contribution is 9.10. The topological polar surface area (TPSA) is 66.9 Å².